The van der Waals surface area contributed by atoms with E-state index in [-0.39, 0.29) is 23.0 Å². The Labute approximate surface area is 225 Å². The van der Waals surface area contributed by atoms with E-state index < -0.39 is 23.6 Å². The van der Waals surface area contributed by atoms with Crippen LogP contribution in [-0.4, -0.2) is 77.0 Å². The molecule has 216 valence electrons. The highest BCUT2D eigenvalue weighted by Gasteiger charge is 2.41. The van der Waals surface area contributed by atoms with Crippen molar-refractivity contribution in [2.75, 3.05) is 33.3 Å². The van der Waals surface area contributed by atoms with Crippen LogP contribution < -0.4 is 5.32 Å². The monoisotopic (exact) mass is 554 g/mol. The molecule has 0 spiro atoms. The molecule has 1 amide bonds. The number of carboxylic acid groups (broad SMARTS) is 2. The number of nitrogens with one attached hydrogen (secondary N) is 1. The number of alkyl carbamates (subject to hydrolysis) is 1. The number of ether oxygens (including phenoxy) is 1. The molecule has 0 aromatic heterocycles. The molecule has 0 unspecified atom stereocenters. The Kier molecular flexibility index (Phi) is 14.0. The van der Waals surface area contributed by atoms with Gasteiger partial charge in [0, 0.05) is 7.05 Å². The fraction of sp³-hybridized carbons (Fsp3) is 0.444. The van der Waals surface area contributed by atoms with Crippen molar-refractivity contribution < 1.29 is 48.7 Å². The SMILES string of the molecule is CNC(=O)OCCCCCN1CCC(C(O)(c2ccc(F)cc2)c2ccc(F)cc2)CC1.O.O=C(O)C(=O)O. The normalized spacial score (nSPS) is 13.8. The number of likely N-dealkylation sites (tertiary alicyclic amines) is 1. The lowest BCUT2D eigenvalue weighted by Gasteiger charge is -2.42. The number of carboxylic acids is 2. The van der Waals surface area contributed by atoms with Gasteiger partial charge in [0.15, 0.2) is 0 Å². The summed E-state index contributed by atoms with van der Waals surface area (Å²) < 4.78 is 32.0. The van der Waals surface area contributed by atoms with Gasteiger partial charge in [0.05, 0.1) is 6.61 Å². The predicted octanol–water partition coefficient (Wildman–Crippen LogP) is 2.77. The van der Waals surface area contributed by atoms with Gasteiger partial charge in [-0.2, -0.15) is 0 Å². The van der Waals surface area contributed by atoms with E-state index in [9.17, 15) is 18.7 Å². The van der Waals surface area contributed by atoms with Crippen LogP contribution in [0.15, 0.2) is 48.5 Å². The average Bonchev–Trinajstić information content (AvgIpc) is 2.91. The Morgan fingerprint density at radius 3 is 1.77 bits per heavy atom. The number of halogens is 2. The number of amides is 1. The van der Waals surface area contributed by atoms with Gasteiger partial charge in [-0.1, -0.05) is 24.3 Å². The molecule has 1 saturated heterocycles. The van der Waals surface area contributed by atoms with Gasteiger partial charge < -0.3 is 35.7 Å². The zero-order valence-corrected chi connectivity index (χ0v) is 21.7. The number of aliphatic carboxylic acids is 2. The van der Waals surface area contributed by atoms with E-state index in [4.69, 9.17) is 24.5 Å². The van der Waals surface area contributed by atoms with Gasteiger partial charge in [-0.05, 0) is 93.0 Å². The number of nitrogens with zero attached hydrogens (tertiary/aromatic N) is 1. The van der Waals surface area contributed by atoms with Gasteiger partial charge in [0.25, 0.3) is 0 Å². The smallest absolute Gasteiger partial charge is 0.414 e. The molecule has 2 aromatic rings. The van der Waals surface area contributed by atoms with Crippen LogP contribution in [0.25, 0.3) is 0 Å². The van der Waals surface area contributed by atoms with Gasteiger partial charge in [-0.3, -0.25) is 0 Å². The first-order valence-corrected chi connectivity index (χ1v) is 12.4. The summed E-state index contributed by atoms with van der Waals surface area (Å²) in [5, 5.41) is 29.1. The zero-order chi connectivity index (χ0) is 28.1. The maximum atomic E-state index is 13.5. The van der Waals surface area contributed by atoms with Crippen molar-refractivity contribution in [1.29, 1.82) is 0 Å². The number of carbonyl (C=O) groups excluding carboxylic acids is 1. The predicted molar refractivity (Wildman–Crippen MR) is 138 cm³/mol. The third kappa shape index (κ3) is 10.2. The van der Waals surface area contributed by atoms with E-state index >= 15 is 0 Å². The number of unbranched alkanes of at least 4 members (excludes halogenated alkanes) is 2. The van der Waals surface area contributed by atoms with Gasteiger partial charge >= 0.3 is 18.0 Å². The molecule has 2 aromatic carbocycles. The minimum absolute atomic E-state index is 0. The van der Waals surface area contributed by atoms with Crippen LogP contribution in [0.5, 0.6) is 0 Å². The molecule has 10 nitrogen and oxygen atoms in total. The number of aliphatic hydroxyl groups is 1. The molecule has 0 bridgehead atoms. The molecule has 3 rings (SSSR count). The number of hydrogen-bond donors (Lipinski definition) is 4. The van der Waals surface area contributed by atoms with Crippen molar-refractivity contribution in [2.45, 2.75) is 37.7 Å². The van der Waals surface area contributed by atoms with Crippen molar-refractivity contribution >= 4 is 18.0 Å². The topological polar surface area (TPSA) is 168 Å². The van der Waals surface area contributed by atoms with Crippen molar-refractivity contribution in [2.24, 2.45) is 5.92 Å². The lowest BCUT2D eigenvalue weighted by atomic mass is 9.72. The number of carbonyl (C=O) groups is 3. The van der Waals surface area contributed by atoms with Crippen molar-refractivity contribution in [3.63, 3.8) is 0 Å². The molecule has 0 atom stereocenters. The van der Waals surface area contributed by atoms with Crippen LogP contribution in [-0.2, 0) is 19.9 Å². The largest absolute Gasteiger partial charge is 0.473 e. The van der Waals surface area contributed by atoms with E-state index in [0.717, 1.165) is 51.7 Å². The van der Waals surface area contributed by atoms with Crippen LogP contribution in [0, 0.1) is 17.6 Å². The summed E-state index contributed by atoms with van der Waals surface area (Å²) in [5.41, 5.74) is -0.0508. The zero-order valence-electron chi connectivity index (χ0n) is 21.7. The lowest BCUT2D eigenvalue weighted by Crippen LogP contribution is -2.44. The second kappa shape index (κ2) is 16.4. The van der Waals surface area contributed by atoms with Crippen molar-refractivity contribution in [3.8, 4) is 0 Å². The van der Waals surface area contributed by atoms with Crippen LogP contribution in [0.1, 0.15) is 43.2 Å². The van der Waals surface area contributed by atoms with E-state index in [0.29, 0.717) is 17.7 Å². The fourth-order valence-corrected chi connectivity index (χ4v) is 4.47. The maximum Gasteiger partial charge on any atom is 0.414 e. The molecule has 1 aliphatic heterocycles. The molecule has 0 radical (unpaired) electrons. The van der Waals surface area contributed by atoms with E-state index in [1.165, 1.54) is 24.3 Å². The summed E-state index contributed by atoms with van der Waals surface area (Å²) >= 11 is 0. The Morgan fingerprint density at radius 2 is 1.36 bits per heavy atom. The summed E-state index contributed by atoms with van der Waals surface area (Å²) in [5.74, 6) is -4.42. The van der Waals surface area contributed by atoms with E-state index in [2.05, 4.69) is 10.2 Å². The van der Waals surface area contributed by atoms with Crippen LogP contribution in [0.2, 0.25) is 0 Å². The Balaban J connectivity index is 0.000000977. The minimum Gasteiger partial charge on any atom is -0.473 e. The fourth-order valence-electron chi connectivity index (χ4n) is 4.47. The summed E-state index contributed by atoms with van der Waals surface area (Å²) in [6.07, 6.45) is 3.99. The first-order valence-electron chi connectivity index (χ1n) is 12.4. The highest BCUT2D eigenvalue weighted by atomic mass is 19.1. The molecule has 0 saturated carbocycles. The van der Waals surface area contributed by atoms with Gasteiger partial charge in [-0.15, -0.1) is 0 Å². The molecular formula is C27H36F2N2O8. The lowest BCUT2D eigenvalue weighted by molar-refractivity contribution is -0.159. The molecule has 1 fully saturated rings. The van der Waals surface area contributed by atoms with Crippen molar-refractivity contribution in [1.82, 2.24) is 10.2 Å². The van der Waals surface area contributed by atoms with Crippen molar-refractivity contribution in [3.05, 3.63) is 71.3 Å². The standard InChI is InChI=1S/C25H32F2N2O3.C2H2O4.H2O/c1-28-24(30)32-18-4-2-3-15-29-16-13-21(14-17-29)25(31,19-5-9-22(26)10-6-19)20-7-11-23(27)12-8-20;3-1(4)2(5)6;/h5-12,21,31H,2-4,13-18H2,1H3,(H,28,30);(H,3,4)(H,5,6);1H2. The number of piperidine rings is 1. The van der Waals surface area contributed by atoms with Gasteiger partial charge in [-0.25, -0.2) is 23.2 Å². The highest BCUT2D eigenvalue weighted by molar-refractivity contribution is 6.27. The van der Waals surface area contributed by atoms with Crippen LogP contribution in [0.3, 0.4) is 0 Å². The first kappa shape index (κ1) is 33.4. The Morgan fingerprint density at radius 1 is 0.897 bits per heavy atom. The number of rotatable bonds is 9. The van der Waals surface area contributed by atoms with E-state index in [1.54, 1.807) is 31.3 Å². The summed E-state index contributed by atoms with van der Waals surface area (Å²) in [7, 11) is 1.54. The first-order chi connectivity index (χ1) is 18.1. The van der Waals surface area contributed by atoms with Crippen LogP contribution in [0.4, 0.5) is 13.6 Å². The summed E-state index contributed by atoms with van der Waals surface area (Å²) in [6.45, 7) is 3.08. The second-order valence-electron chi connectivity index (χ2n) is 8.95. The highest BCUT2D eigenvalue weighted by Crippen LogP contribution is 2.42. The molecule has 6 N–H and O–H groups in total. The Hall–Kier alpha value is -3.61. The minimum atomic E-state index is -1.82. The molecule has 0 aliphatic carbocycles. The quantitative estimate of drug-likeness (QED) is 0.271. The van der Waals surface area contributed by atoms with Gasteiger partial charge in [0.1, 0.15) is 17.2 Å². The average molecular weight is 555 g/mol. The number of benzene rings is 2. The summed E-state index contributed by atoms with van der Waals surface area (Å²) in [4.78, 5) is 31.6. The number of hydrogen-bond acceptors (Lipinski definition) is 6. The molecule has 1 aliphatic rings. The molecular weight excluding hydrogens is 518 g/mol. The van der Waals surface area contributed by atoms with E-state index in [1.807, 2.05) is 0 Å². The molecule has 12 heteroatoms. The Bertz CT molecular complexity index is 985. The molecule has 39 heavy (non-hydrogen) atoms. The van der Waals surface area contributed by atoms with Crippen LogP contribution >= 0.6 is 0 Å². The maximum absolute atomic E-state index is 13.5. The third-order valence-corrected chi connectivity index (χ3v) is 6.49. The molecule has 1 heterocycles. The second-order valence-corrected chi connectivity index (χ2v) is 8.95. The third-order valence-electron chi connectivity index (χ3n) is 6.49. The summed E-state index contributed by atoms with van der Waals surface area (Å²) in [6, 6.07) is 11.9. The van der Waals surface area contributed by atoms with Gasteiger partial charge in [0.2, 0.25) is 0 Å².